The first-order valence-electron chi connectivity index (χ1n) is 7.47. The summed E-state index contributed by atoms with van der Waals surface area (Å²) >= 11 is 0. The summed E-state index contributed by atoms with van der Waals surface area (Å²) < 4.78 is 0. The van der Waals surface area contributed by atoms with Crippen LogP contribution in [0.25, 0.3) is 22.3 Å². The number of hydrogen-bond donors (Lipinski definition) is 3. The van der Waals surface area contributed by atoms with Gasteiger partial charge in [0.2, 0.25) is 0 Å². The molecule has 0 radical (unpaired) electrons. The number of benzene rings is 2. The molecule has 1 amide bonds. The Morgan fingerprint density at radius 3 is 2.75 bits per heavy atom. The van der Waals surface area contributed by atoms with Gasteiger partial charge in [-0.15, -0.1) is 0 Å². The van der Waals surface area contributed by atoms with Crippen LogP contribution in [0.2, 0.25) is 0 Å². The van der Waals surface area contributed by atoms with Crippen LogP contribution in [0.1, 0.15) is 16.2 Å². The van der Waals surface area contributed by atoms with Crippen molar-refractivity contribution in [1.29, 1.82) is 0 Å². The molecule has 2 aromatic heterocycles. The molecule has 7 nitrogen and oxygen atoms in total. The summed E-state index contributed by atoms with van der Waals surface area (Å²) in [5, 5.41) is 13.3. The summed E-state index contributed by atoms with van der Waals surface area (Å²) in [5.74, 6) is 0.516. The second kappa shape index (κ2) is 5.96. The fourth-order valence-electron chi connectivity index (χ4n) is 2.46. The quantitative estimate of drug-likeness (QED) is 0.537. The van der Waals surface area contributed by atoms with Crippen molar-refractivity contribution in [2.75, 3.05) is 0 Å². The van der Waals surface area contributed by atoms with Crippen LogP contribution in [-0.2, 0) is 6.54 Å². The molecule has 24 heavy (non-hydrogen) atoms. The summed E-state index contributed by atoms with van der Waals surface area (Å²) in [5.41, 5.74) is 3.89. The standard InChI is InChI=1S/C17H14N6O/c24-17(12-6-7-13-14(8-12)22-23-21-13)19-10-16-18-9-15(20-16)11-4-2-1-3-5-11/h1-9H,10H2,(H,18,20)(H,19,24)(H,21,22,23). The van der Waals surface area contributed by atoms with Crippen molar-refractivity contribution in [2.45, 2.75) is 6.54 Å². The van der Waals surface area contributed by atoms with E-state index >= 15 is 0 Å². The molecule has 0 atom stereocenters. The van der Waals surface area contributed by atoms with Crippen LogP contribution in [0.3, 0.4) is 0 Å². The Kier molecular flexibility index (Phi) is 3.51. The number of fused-ring (bicyclic) bond motifs is 1. The third-order valence-corrected chi connectivity index (χ3v) is 3.71. The molecule has 0 aliphatic heterocycles. The smallest absolute Gasteiger partial charge is 0.251 e. The zero-order valence-corrected chi connectivity index (χ0v) is 12.7. The highest BCUT2D eigenvalue weighted by Gasteiger charge is 2.09. The maximum atomic E-state index is 12.2. The molecular formula is C17H14N6O. The molecule has 0 saturated heterocycles. The molecule has 2 heterocycles. The Balaban J connectivity index is 1.45. The van der Waals surface area contributed by atoms with E-state index in [-0.39, 0.29) is 5.91 Å². The number of nitrogens with one attached hydrogen (secondary N) is 3. The largest absolute Gasteiger partial charge is 0.345 e. The Morgan fingerprint density at radius 1 is 1.04 bits per heavy atom. The number of imidazole rings is 1. The van der Waals surface area contributed by atoms with Gasteiger partial charge in [-0.1, -0.05) is 30.3 Å². The van der Waals surface area contributed by atoms with Gasteiger partial charge in [0, 0.05) is 5.56 Å². The van der Waals surface area contributed by atoms with E-state index in [4.69, 9.17) is 0 Å². The van der Waals surface area contributed by atoms with Gasteiger partial charge < -0.3 is 10.3 Å². The second-order valence-electron chi connectivity index (χ2n) is 5.32. The van der Waals surface area contributed by atoms with E-state index in [1.807, 2.05) is 30.3 Å². The number of rotatable bonds is 4. The van der Waals surface area contributed by atoms with Crippen molar-refractivity contribution >= 4 is 16.9 Å². The zero-order valence-electron chi connectivity index (χ0n) is 12.7. The average molecular weight is 318 g/mol. The fourth-order valence-corrected chi connectivity index (χ4v) is 2.46. The average Bonchev–Trinajstić information content (AvgIpc) is 3.29. The minimum Gasteiger partial charge on any atom is -0.345 e. The van der Waals surface area contributed by atoms with Crippen LogP contribution in [0, 0.1) is 0 Å². The highest BCUT2D eigenvalue weighted by Crippen LogP contribution is 2.16. The lowest BCUT2D eigenvalue weighted by atomic mass is 10.2. The summed E-state index contributed by atoms with van der Waals surface area (Å²) in [4.78, 5) is 19.8. The maximum Gasteiger partial charge on any atom is 0.251 e. The van der Waals surface area contributed by atoms with E-state index in [0.717, 1.165) is 16.8 Å². The van der Waals surface area contributed by atoms with Crippen LogP contribution >= 0.6 is 0 Å². The lowest BCUT2D eigenvalue weighted by Crippen LogP contribution is -2.23. The number of carbonyl (C=O) groups is 1. The van der Waals surface area contributed by atoms with Crippen LogP contribution in [0.5, 0.6) is 0 Å². The van der Waals surface area contributed by atoms with Crippen molar-refractivity contribution in [3.05, 3.63) is 66.1 Å². The van der Waals surface area contributed by atoms with Crippen LogP contribution in [0.15, 0.2) is 54.7 Å². The van der Waals surface area contributed by atoms with Gasteiger partial charge in [-0.3, -0.25) is 4.79 Å². The van der Waals surface area contributed by atoms with Gasteiger partial charge in [-0.05, 0) is 23.8 Å². The van der Waals surface area contributed by atoms with Gasteiger partial charge in [0.1, 0.15) is 16.9 Å². The summed E-state index contributed by atoms with van der Waals surface area (Å²) in [6, 6.07) is 15.1. The number of carbonyl (C=O) groups excluding carboxylic acids is 1. The molecule has 7 heteroatoms. The lowest BCUT2D eigenvalue weighted by molar-refractivity contribution is 0.0950. The van der Waals surface area contributed by atoms with Crippen molar-refractivity contribution in [1.82, 2.24) is 30.7 Å². The maximum absolute atomic E-state index is 12.2. The van der Waals surface area contributed by atoms with E-state index in [2.05, 4.69) is 30.7 Å². The van der Waals surface area contributed by atoms with Crippen LogP contribution in [0.4, 0.5) is 0 Å². The zero-order chi connectivity index (χ0) is 16.4. The number of aromatic nitrogens is 5. The minimum atomic E-state index is -0.183. The molecule has 0 fully saturated rings. The molecule has 0 aliphatic rings. The number of nitrogens with zero attached hydrogens (tertiary/aromatic N) is 3. The van der Waals surface area contributed by atoms with Gasteiger partial charge in [0.15, 0.2) is 0 Å². The summed E-state index contributed by atoms with van der Waals surface area (Å²) in [7, 11) is 0. The Morgan fingerprint density at radius 2 is 1.88 bits per heavy atom. The number of amides is 1. The van der Waals surface area contributed by atoms with E-state index in [0.29, 0.717) is 23.4 Å². The topological polar surface area (TPSA) is 99.4 Å². The lowest BCUT2D eigenvalue weighted by Gasteiger charge is -2.03. The highest BCUT2D eigenvalue weighted by molar-refractivity contribution is 5.97. The van der Waals surface area contributed by atoms with Crippen molar-refractivity contribution in [3.63, 3.8) is 0 Å². The van der Waals surface area contributed by atoms with Crippen LogP contribution < -0.4 is 5.32 Å². The SMILES string of the molecule is O=C(NCc1ncc(-c2ccccc2)[nH]1)c1ccc2n[nH]nc2c1. The van der Waals surface area contributed by atoms with Crippen molar-refractivity contribution in [2.24, 2.45) is 0 Å². The normalized spacial score (nSPS) is 10.8. The molecule has 4 aromatic rings. The molecule has 2 aromatic carbocycles. The first kappa shape index (κ1) is 14.1. The van der Waals surface area contributed by atoms with Crippen molar-refractivity contribution in [3.8, 4) is 11.3 Å². The van der Waals surface area contributed by atoms with Gasteiger partial charge in [-0.2, -0.15) is 15.4 Å². The molecule has 3 N–H and O–H groups in total. The predicted octanol–water partition coefficient (Wildman–Crippen LogP) is 2.28. The van der Waals surface area contributed by atoms with Gasteiger partial charge >= 0.3 is 0 Å². The van der Waals surface area contributed by atoms with E-state index in [1.165, 1.54) is 0 Å². The predicted molar refractivity (Wildman–Crippen MR) is 89.1 cm³/mol. The van der Waals surface area contributed by atoms with Gasteiger partial charge in [-0.25, -0.2) is 4.98 Å². The third kappa shape index (κ3) is 2.74. The Bertz CT molecular complexity index is 988. The van der Waals surface area contributed by atoms with E-state index in [9.17, 15) is 4.79 Å². The molecule has 0 unspecified atom stereocenters. The Hall–Kier alpha value is -3.48. The van der Waals surface area contributed by atoms with Crippen LogP contribution in [-0.4, -0.2) is 31.3 Å². The third-order valence-electron chi connectivity index (χ3n) is 3.71. The highest BCUT2D eigenvalue weighted by atomic mass is 16.1. The monoisotopic (exact) mass is 318 g/mol. The minimum absolute atomic E-state index is 0.183. The molecule has 118 valence electrons. The molecule has 0 aliphatic carbocycles. The van der Waals surface area contributed by atoms with Gasteiger partial charge in [0.05, 0.1) is 18.4 Å². The number of hydrogen-bond acceptors (Lipinski definition) is 4. The second-order valence-corrected chi connectivity index (χ2v) is 5.32. The molecule has 0 bridgehead atoms. The fraction of sp³-hybridized carbons (Fsp3) is 0.0588. The number of aromatic amines is 2. The van der Waals surface area contributed by atoms with E-state index < -0.39 is 0 Å². The van der Waals surface area contributed by atoms with Gasteiger partial charge in [0.25, 0.3) is 5.91 Å². The summed E-state index contributed by atoms with van der Waals surface area (Å²) in [6.07, 6.45) is 1.76. The molecular weight excluding hydrogens is 304 g/mol. The first-order chi connectivity index (χ1) is 11.8. The van der Waals surface area contributed by atoms with Crippen molar-refractivity contribution < 1.29 is 4.79 Å². The van der Waals surface area contributed by atoms with E-state index in [1.54, 1.807) is 24.4 Å². The molecule has 0 spiro atoms. The first-order valence-corrected chi connectivity index (χ1v) is 7.47. The number of H-pyrrole nitrogens is 2. The Labute approximate surface area is 137 Å². The molecule has 4 rings (SSSR count). The molecule has 0 saturated carbocycles. The summed E-state index contributed by atoms with van der Waals surface area (Å²) in [6.45, 7) is 0.322.